The van der Waals surface area contributed by atoms with E-state index in [1.165, 1.54) is 10.9 Å². The number of hydrogen-bond donors (Lipinski definition) is 1. The number of nitrogens with one attached hydrogen (secondary N) is 1. The highest BCUT2D eigenvalue weighted by Gasteiger charge is 2.08. The number of ether oxygens (including phenoxy) is 1. The Morgan fingerprint density at radius 2 is 2.29 bits per heavy atom. The molecule has 0 saturated heterocycles. The molecule has 0 radical (unpaired) electrons. The number of aromatic nitrogens is 2. The molecule has 0 unspecified atom stereocenters. The second-order valence-corrected chi connectivity index (χ2v) is 3.60. The minimum atomic E-state index is -0.272. The Morgan fingerprint density at radius 1 is 1.47 bits per heavy atom. The Balaban J connectivity index is 2.23. The number of imidazole rings is 1. The Hall–Kier alpha value is -2.30. The van der Waals surface area contributed by atoms with Crippen molar-refractivity contribution < 1.29 is 9.53 Å². The van der Waals surface area contributed by atoms with Gasteiger partial charge < -0.3 is 10.1 Å². The average Bonchev–Trinajstić information content (AvgIpc) is 2.83. The van der Waals surface area contributed by atoms with Gasteiger partial charge in [-0.1, -0.05) is 6.07 Å². The lowest BCUT2D eigenvalue weighted by molar-refractivity contribution is 0.253. The fourth-order valence-corrected chi connectivity index (χ4v) is 1.48. The highest BCUT2D eigenvalue weighted by atomic mass is 16.5. The summed E-state index contributed by atoms with van der Waals surface area (Å²) in [4.78, 5) is 15.6. The second kappa shape index (κ2) is 4.69. The minimum Gasteiger partial charge on any atom is -0.495 e. The number of methoxy groups -OCH3 is 1. The molecule has 1 aromatic carbocycles. The van der Waals surface area contributed by atoms with E-state index in [1.54, 1.807) is 19.5 Å². The number of amides is 1. The van der Waals surface area contributed by atoms with Gasteiger partial charge in [-0.3, -0.25) is 4.57 Å². The van der Waals surface area contributed by atoms with Crippen LogP contribution in [0.4, 0.5) is 10.5 Å². The van der Waals surface area contributed by atoms with Crippen LogP contribution in [0.2, 0.25) is 0 Å². The standard InChI is InChI=1S/C12H13N3O2/c1-9-3-4-11(17-2)10(7-9)14-12(16)15-6-5-13-8-15/h3-8H,1-2H3,(H,14,16). The van der Waals surface area contributed by atoms with Crippen LogP contribution in [0.15, 0.2) is 36.9 Å². The van der Waals surface area contributed by atoms with Crippen molar-refractivity contribution in [3.8, 4) is 5.75 Å². The quantitative estimate of drug-likeness (QED) is 0.862. The molecule has 0 aliphatic heterocycles. The van der Waals surface area contributed by atoms with Crippen molar-refractivity contribution in [2.45, 2.75) is 6.92 Å². The van der Waals surface area contributed by atoms with Crippen LogP contribution < -0.4 is 10.1 Å². The largest absolute Gasteiger partial charge is 0.495 e. The van der Waals surface area contributed by atoms with Crippen LogP contribution in [0, 0.1) is 6.92 Å². The Labute approximate surface area is 99.0 Å². The van der Waals surface area contributed by atoms with E-state index in [1.807, 2.05) is 25.1 Å². The van der Waals surface area contributed by atoms with E-state index in [2.05, 4.69) is 10.3 Å². The smallest absolute Gasteiger partial charge is 0.331 e. The van der Waals surface area contributed by atoms with Crippen molar-refractivity contribution in [1.29, 1.82) is 0 Å². The summed E-state index contributed by atoms with van der Waals surface area (Å²) in [5.41, 5.74) is 1.69. The molecule has 17 heavy (non-hydrogen) atoms. The van der Waals surface area contributed by atoms with E-state index in [0.29, 0.717) is 11.4 Å². The average molecular weight is 231 g/mol. The van der Waals surface area contributed by atoms with Crippen LogP contribution in [0.1, 0.15) is 5.56 Å². The SMILES string of the molecule is COc1ccc(C)cc1NC(=O)n1ccnc1. The van der Waals surface area contributed by atoms with Crippen LogP contribution >= 0.6 is 0 Å². The summed E-state index contributed by atoms with van der Waals surface area (Å²) in [7, 11) is 1.57. The van der Waals surface area contributed by atoms with Crippen LogP contribution in [0.5, 0.6) is 5.75 Å². The van der Waals surface area contributed by atoms with Gasteiger partial charge in [-0.15, -0.1) is 0 Å². The topological polar surface area (TPSA) is 56.1 Å². The van der Waals surface area contributed by atoms with Gasteiger partial charge in [0.25, 0.3) is 0 Å². The summed E-state index contributed by atoms with van der Waals surface area (Å²) in [6.45, 7) is 1.95. The second-order valence-electron chi connectivity index (χ2n) is 3.60. The van der Waals surface area contributed by atoms with Crippen molar-refractivity contribution in [2.24, 2.45) is 0 Å². The fraction of sp³-hybridized carbons (Fsp3) is 0.167. The number of anilines is 1. The molecule has 2 aromatic rings. The summed E-state index contributed by atoms with van der Waals surface area (Å²) in [5.74, 6) is 0.629. The van der Waals surface area contributed by atoms with Crippen LogP contribution in [0.3, 0.4) is 0 Å². The van der Waals surface area contributed by atoms with Gasteiger partial charge in [-0.05, 0) is 24.6 Å². The van der Waals surface area contributed by atoms with Crippen molar-refractivity contribution >= 4 is 11.7 Å². The fourth-order valence-electron chi connectivity index (χ4n) is 1.48. The molecule has 0 aliphatic rings. The first kappa shape index (κ1) is 11.2. The maximum atomic E-state index is 11.8. The molecule has 0 aliphatic carbocycles. The molecule has 5 nitrogen and oxygen atoms in total. The number of carbonyl (C=O) groups is 1. The predicted molar refractivity (Wildman–Crippen MR) is 64.4 cm³/mol. The van der Waals surface area contributed by atoms with Crippen molar-refractivity contribution in [1.82, 2.24) is 9.55 Å². The normalized spacial score (nSPS) is 10.0. The zero-order chi connectivity index (χ0) is 12.3. The number of hydrogen-bond acceptors (Lipinski definition) is 3. The van der Waals surface area contributed by atoms with Crippen molar-refractivity contribution in [2.75, 3.05) is 12.4 Å². The van der Waals surface area contributed by atoms with Gasteiger partial charge in [0.2, 0.25) is 0 Å². The third-order valence-corrected chi connectivity index (χ3v) is 2.34. The van der Waals surface area contributed by atoms with E-state index in [4.69, 9.17) is 4.74 Å². The van der Waals surface area contributed by atoms with Gasteiger partial charge in [0.1, 0.15) is 12.1 Å². The van der Waals surface area contributed by atoms with Crippen LogP contribution in [-0.2, 0) is 0 Å². The maximum Gasteiger partial charge on any atom is 0.331 e. The highest BCUT2D eigenvalue weighted by molar-refractivity contribution is 5.92. The number of nitrogens with zero attached hydrogens (tertiary/aromatic N) is 2. The molecule has 1 N–H and O–H groups in total. The van der Waals surface area contributed by atoms with Gasteiger partial charge in [0.05, 0.1) is 12.8 Å². The summed E-state index contributed by atoms with van der Waals surface area (Å²) in [6, 6.07) is 5.32. The first-order valence-electron chi connectivity index (χ1n) is 5.14. The molecule has 1 amide bonds. The summed E-state index contributed by atoms with van der Waals surface area (Å²) < 4.78 is 6.54. The van der Waals surface area contributed by atoms with Crippen LogP contribution in [-0.4, -0.2) is 22.7 Å². The lowest BCUT2D eigenvalue weighted by Gasteiger charge is -2.10. The highest BCUT2D eigenvalue weighted by Crippen LogP contribution is 2.25. The van der Waals surface area contributed by atoms with Gasteiger partial charge in [0.15, 0.2) is 0 Å². The van der Waals surface area contributed by atoms with E-state index >= 15 is 0 Å². The van der Waals surface area contributed by atoms with E-state index in [0.717, 1.165) is 5.56 Å². The van der Waals surface area contributed by atoms with Gasteiger partial charge in [-0.25, -0.2) is 9.78 Å². The lowest BCUT2D eigenvalue weighted by Crippen LogP contribution is -2.18. The number of aryl methyl sites for hydroxylation is 1. The van der Waals surface area contributed by atoms with Gasteiger partial charge in [-0.2, -0.15) is 0 Å². The van der Waals surface area contributed by atoms with Gasteiger partial charge in [0, 0.05) is 12.4 Å². The molecule has 0 saturated carbocycles. The molecule has 1 heterocycles. The molecule has 0 bridgehead atoms. The molecule has 2 rings (SSSR count). The number of rotatable bonds is 2. The third-order valence-electron chi connectivity index (χ3n) is 2.34. The van der Waals surface area contributed by atoms with E-state index in [-0.39, 0.29) is 6.03 Å². The molecule has 0 fully saturated rings. The minimum absolute atomic E-state index is 0.272. The zero-order valence-corrected chi connectivity index (χ0v) is 9.68. The summed E-state index contributed by atoms with van der Waals surface area (Å²) in [5, 5.41) is 2.76. The molecule has 1 aromatic heterocycles. The molecule has 88 valence electrons. The molecule has 5 heteroatoms. The molecule has 0 spiro atoms. The molecular weight excluding hydrogens is 218 g/mol. The summed E-state index contributed by atoms with van der Waals surface area (Å²) in [6.07, 6.45) is 4.57. The van der Waals surface area contributed by atoms with Crippen molar-refractivity contribution in [3.63, 3.8) is 0 Å². The lowest BCUT2D eigenvalue weighted by atomic mass is 10.2. The zero-order valence-electron chi connectivity index (χ0n) is 9.68. The van der Waals surface area contributed by atoms with Crippen molar-refractivity contribution in [3.05, 3.63) is 42.5 Å². The Morgan fingerprint density at radius 3 is 2.94 bits per heavy atom. The monoisotopic (exact) mass is 231 g/mol. The van der Waals surface area contributed by atoms with Gasteiger partial charge >= 0.3 is 6.03 Å². The third kappa shape index (κ3) is 2.44. The maximum absolute atomic E-state index is 11.8. The first-order chi connectivity index (χ1) is 8.20. The Bertz CT molecular complexity index is 521. The molecule has 0 atom stereocenters. The number of carbonyl (C=O) groups excluding carboxylic acids is 1. The summed E-state index contributed by atoms with van der Waals surface area (Å²) >= 11 is 0. The number of benzene rings is 1. The van der Waals surface area contributed by atoms with Crippen LogP contribution in [0.25, 0.3) is 0 Å². The Kier molecular flexibility index (Phi) is 3.09. The predicted octanol–water partition coefficient (Wildman–Crippen LogP) is 2.28. The first-order valence-corrected chi connectivity index (χ1v) is 5.14. The van der Waals surface area contributed by atoms with E-state index in [9.17, 15) is 4.79 Å². The molecular formula is C12H13N3O2. The van der Waals surface area contributed by atoms with E-state index < -0.39 is 0 Å².